The zero-order valence-corrected chi connectivity index (χ0v) is 13.5. The Balaban J connectivity index is 0.00000162. The van der Waals surface area contributed by atoms with Crippen LogP contribution < -0.4 is 5.73 Å². The molecule has 2 N–H and O–H groups in total. The molecule has 2 rings (SSSR count). The number of halogens is 3. The zero-order valence-electron chi connectivity index (χ0n) is 10.4. The molecule has 0 amide bonds. The van der Waals surface area contributed by atoms with Crippen molar-refractivity contribution < 1.29 is 0 Å². The minimum atomic E-state index is 0. The summed E-state index contributed by atoms with van der Waals surface area (Å²) in [5, 5.41) is 2.79. The molecule has 1 aliphatic rings. The first-order chi connectivity index (χ1) is 8.08. The number of likely N-dealkylation sites (tertiary alicyclic amines) is 1. The van der Waals surface area contributed by atoms with Crippen LogP contribution in [0.2, 0.25) is 9.36 Å². The van der Waals surface area contributed by atoms with Crippen LogP contribution in [-0.4, -0.2) is 24.0 Å². The van der Waals surface area contributed by atoms with Gasteiger partial charge < -0.3 is 5.73 Å². The summed E-state index contributed by atoms with van der Waals surface area (Å²) in [6.45, 7) is 5.23. The van der Waals surface area contributed by atoms with Crippen molar-refractivity contribution in [2.75, 3.05) is 13.1 Å². The topological polar surface area (TPSA) is 29.3 Å². The van der Waals surface area contributed by atoms with Gasteiger partial charge in [0.15, 0.2) is 0 Å². The third kappa shape index (κ3) is 3.99. The monoisotopic (exact) mass is 328 g/mol. The maximum atomic E-state index is 6.14. The number of rotatable bonds is 3. The fourth-order valence-corrected chi connectivity index (χ4v) is 3.58. The maximum Gasteiger partial charge on any atom is 0.112 e. The van der Waals surface area contributed by atoms with Gasteiger partial charge in [-0.2, -0.15) is 0 Å². The minimum absolute atomic E-state index is 0. The van der Waals surface area contributed by atoms with Gasteiger partial charge in [0.05, 0.1) is 5.02 Å². The van der Waals surface area contributed by atoms with Crippen LogP contribution in [-0.2, 0) is 6.54 Å². The Morgan fingerprint density at radius 2 is 2.06 bits per heavy atom. The first-order valence-electron chi connectivity index (χ1n) is 5.97. The van der Waals surface area contributed by atoms with Crippen LogP contribution >= 0.6 is 46.9 Å². The molecular weight excluding hydrogens is 311 g/mol. The molecule has 2 heterocycles. The van der Waals surface area contributed by atoms with Crippen LogP contribution in [0.5, 0.6) is 0 Å². The quantitative estimate of drug-likeness (QED) is 0.907. The van der Waals surface area contributed by atoms with E-state index in [1.807, 2.05) is 0 Å². The molecule has 2 nitrogen and oxygen atoms in total. The van der Waals surface area contributed by atoms with Crippen LogP contribution in [0.25, 0.3) is 0 Å². The molecule has 0 saturated carbocycles. The van der Waals surface area contributed by atoms with Crippen LogP contribution in [0.3, 0.4) is 0 Å². The highest BCUT2D eigenvalue weighted by molar-refractivity contribution is 7.15. The second kappa shape index (κ2) is 7.32. The van der Waals surface area contributed by atoms with Crippen molar-refractivity contribution in [2.24, 2.45) is 11.7 Å². The summed E-state index contributed by atoms with van der Waals surface area (Å²) in [5.41, 5.74) is 7.09. The number of nitrogens with two attached hydrogens (primary N) is 1. The van der Waals surface area contributed by atoms with Gasteiger partial charge in [0.2, 0.25) is 0 Å². The molecule has 1 aliphatic heterocycles. The molecule has 1 aromatic heterocycles. The second-order valence-electron chi connectivity index (χ2n) is 4.82. The molecule has 0 aliphatic carbocycles. The summed E-state index contributed by atoms with van der Waals surface area (Å²) in [6.07, 6.45) is 2.38. The summed E-state index contributed by atoms with van der Waals surface area (Å²) in [5.74, 6) is 0.674. The highest BCUT2D eigenvalue weighted by Crippen LogP contribution is 2.33. The van der Waals surface area contributed by atoms with E-state index in [0.29, 0.717) is 16.3 Å². The second-order valence-corrected chi connectivity index (χ2v) is 6.68. The summed E-state index contributed by atoms with van der Waals surface area (Å²) in [4.78, 5) is 2.43. The Hall–Kier alpha value is 0.490. The number of hydrogen-bond acceptors (Lipinski definition) is 3. The molecule has 1 aromatic rings. The van der Waals surface area contributed by atoms with Gasteiger partial charge in [-0.05, 0) is 49.7 Å². The van der Waals surface area contributed by atoms with Crippen LogP contribution in [0.4, 0.5) is 0 Å². The molecule has 0 bridgehead atoms. The Kier molecular flexibility index (Phi) is 6.73. The van der Waals surface area contributed by atoms with E-state index in [0.717, 1.165) is 30.2 Å². The van der Waals surface area contributed by atoms with Gasteiger partial charge in [0.1, 0.15) is 4.34 Å². The van der Waals surface area contributed by atoms with Gasteiger partial charge in [0, 0.05) is 12.6 Å². The fourth-order valence-electron chi connectivity index (χ4n) is 2.34. The molecule has 1 unspecified atom stereocenters. The van der Waals surface area contributed by atoms with Crippen molar-refractivity contribution in [3.05, 3.63) is 20.3 Å². The lowest BCUT2D eigenvalue weighted by molar-refractivity contribution is 0.166. The van der Waals surface area contributed by atoms with Gasteiger partial charge in [-0.25, -0.2) is 0 Å². The predicted octanol–water partition coefficient (Wildman–Crippen LogP) is 4.04. The normalized spacial score (nSPS) is 19.6. The highest BCUT2D eigenvalue weighted by atomic mass is 35.5. The summed E-state index contributed by atoms with van der Waals surface area (Å²) < 4.78 is 0.701. The van der Waals surface area contributed by atoms with E-state index in [1.54, 1.807) is 0 Å². The van der Waals surface area contributed by atoms with Crippen LogP contribution in [0, 0.1) is 5.92 Å². The first kappa shape index (κ1) is 16.5. The van der Waals surface area contributed by atoms with Gasteiger partial charge in [-0.15, -0.1) is 23.7 Å². The zero-order chi connectivity index (χ0) is 12.4. The Bertz CT molecular complexity index is 373. The summed E-state index contributed by atoms with van der Waals surface area (Å²) >= 11 is 13.6. The lowest BCUT2D eigenvalue weighted by Gasteiger charge is -2.33. The molecular formula is C12H19Cl3N2S. The fraction of sp³-hybridized carbons (Fsp3) is 0.667. The molecule has 0 aromatic carbocycles. The lowest BCUT2D eigenvalue weighted by atomic mass is 9.91. The summed E-state index contributed by atoms with van der Waals surface area (Å²) in [6, 6.07) is 0.316. The lowest BCUT2D eigenvalue weighted by Crippen LogP contribution is -2.39. The van der Waals surface area contributed by atoms with Crippen molar-refractivity contribution in [1.82, 2.24) is 4.90 Å². The SMILES string of the molecule is CC(N)C1CCN(Cc2csc(Cl)c2Cl)CC1.Cl. The number of piperidine rings is 1. The summed E-state index contributed by atoms with van der Waals surface area (Å²) in [7, 11) is 0. The van der Waals surface area contributed by atoms with E-state index >= 15 is 0 Å². The van der Waals surface area contributed by atoms with Crippen molar-refractivity contribution in [1.29, 1.82) is 0 Å². The van der Waals surface area contributed by atoms with Crippen LogP contribution in [0.1, 0.15) is 25.3 Å². The van der Waals surface area contributed by atoms with E-state index in [-0.39, 0.29) is 12.4 Å². The van der Waals surface area contributed by atoms with Gasteiger partial charge in [-0.1, -0.05) is 23.2 Å². The average Bonchev–Trinajstić information content (AvgIpc) is 2.62. The standard InChI is InChI=1S/C12H18Cl2N2S.ClH/c1-8(15)9-2-4-16(5-3-9)6-10-7-17-12(14)11(10)13;/h7-9H,2-6,15H2,1H3;1H. The van der Waals surface area contributed by atoms with Crippen molar-refractivity contribution in [2.45, 2.75) is 32.4 Å². The smallest absolute Gasteiger partial charge is 0.112 e. The molecule has 104 valence electrons. The molecule has 1 fully saturated rings. The molecule has 0 spiro atoms. The third-order valence-electron chi connectivity index (χ3n) is 3.53. The predicted molar refractivity (Wildman–Crippen MR) is 83.2 cm³/mol. The first-order valence-corrected chi connectivity index (χ1v) is 7.60. The third-order valence-corrected chi connectivity index (χ3v) is 5.44. The van der Waals surface area contributed by atoms with Crippen LogP contribution in [0.15, 0.2) is 5.38 Å². The van der Waals surface area contributed by atoms with E-state index in [4.69, 9.17) is 28.9 Å². The number of nitrogens with zero attached hydrogens (tertiary/aromatic N) is 1. The Morgan fingerprint density at radius 1 is 1.44 bits per heavy atom. The van der Waals surface area contributed by atoms with E-state index in [2.05, 4.69) is 17.2 Å². The van der Waals surface area contributed by atoms with Gasteiger partial charge >= 0.3 is 0 Å². The average molecular weight is 330 g/mol. The maximum absolute atomic E-state index is 6.14. The number of hydrogen-bond donors (Lipinski definition) is 1. The van der Waals surface area contributed by atoms with Crippen molar-refractivity contribution in [3.8, 4) is 0 Å². The minimum Gasteiger partial charge on any atom is -0.328 e. The van der Waals surface area contributed by atoms with E-state index in [1.165, 1.54) is 24.2 Å². The van der Waals surface area contributed by atoms with Crippen molar-refractivity contribution in [3.63, 3.8) is 0 Å². The number of thiophene rings is 1. The van der Waals surface area contributed by atoms with Gasteiger partial charge in [0.25, 0.3) is 0 Å². The molecule has 0 radical (unpaired) electrons. The molecule has 1 saturated heterocycles. The van der Waals surface area contributed by atoms with Gasteiger partial charge in [-0.3, -0.25) is 4.90 Å². The van der Waals surface area contributed by atoms with Crippen molar-refractivity contribution >= 4 is 46.9 Å². The molecule has 6 heteroatoms. The molecule has 1 atom stereocenters. The Labute approximate surface area is 129 Å². The van der Waals surface area contributed by atoms with E-state index in [9.17, 15) is 0 Å². The molecule has 18 heavy (non-hydrogen) atoms. The van der Waals surface area contributed by atoms with E-state index < -0.39 is 0 Å². The Morgan fingerprint density at radius 3 is 2.50 bits per heavy atom. The largest absolute Gasteiger partial charge is 0.328 e. The highest BCUT2D eigenvalue weighted by Gasteiger charge is 2.22.